The van der Waals surface area contributed by atoms with Crippen LogP contribution in [-0.4, -0.2) is 17.1 Å². The zero-order valence-electron chi connectivity index (χ0n) is 11.0. The van der Waals surface area contributed by atoms with Crippen molar-refractivity contribution in [2.24, 2.45) is 0 Å². The monoisotopic (exact) mass is 257 g/mol. The molecule has 1 aliphatic carbocycles. The second-order valence-corrected chi connectivity index (χ2v) is 5.40. The summed E-state index contributed by atoms with van der Waals surface area (Å²) in [4.78, 5) is 11.7. The second kappa shape index (κ2) is 5.08. The Bertz CT molecular complexity index is 533. The molecule has 0 saturated heterocycles. The van der Waals surface area contributed by atoms with E-state index in [4.69, 9.17) is 0 Å². The number of rotatable bonds is 1. The summed E-state index contributed by atoms with van der Waals surface area (Å²) in [5.41, 5.74) is 3.46. The summed E-state index contributed by atoms with van der Waals surface area (Å²) < 4.78 is 0. The maximum absolute atomic E-state index is 11.7. The maximum atomic E-state index is 11.7. The number of benzene rings is 1. The standard InChI is InChI=1S/C16H19NO2/c18-16(19)15-11-7-3-1-2-4-9-13(11)17-14-10-6-5-8-12(14)15/h5-6,8,10,13,17H,1-4,7,9H2,(H,18,19)/t13-/m0/s1. The van der Waals surface area contributed by atoms with Crippen molar-refractivity contribution < 1.29 is 9.90 Å². The highest BCUT2D eigenvalue weighted by Gasteiger charge is 2.30. The lowest BCUT2D eigenvalue weighted by Crippen LogP contribution is -2.30. The number of carboxylic acid groups (broad SMARTS) is 1. The first-order chi connectivity index (χ1) is 9.27. The molecule has 1 heterocycles. The summed E-state index contributed by atoms with van der Waals surface area (Å²) in [6, 6.07) is 7.97. The van der Waals surface area contributed by atoms with Crippen molar-refractivity contribution in [1.29, 1.82) is 0 Å². The van der Waals surface area contributed by atoms with Crippen LogP contribution in [0.3, 0.4) is 0 Å². The third-order valence-electron chi connectivity index (χ3n) is 4.17. The molecule has 2 N–H and O–H groups in total. The SMILES string of the molecule is O=C(O)C1=C2CCCCCC[C@@H]2Nc2ccccc21. The van der Waals surface area contributed by atoms with Crippen molar-refractivity contribution in [2.45, 2.75) is 44.6 Å². The Morgan fingerprint density at radius 3 is 2.79 bits per heavy atom. The lowest BCUT2D eigenvalue weighted by molar-refractivity contribution is -0.130. The van der Waals surface area contributed by atoms with E-state index in [1.165, 1.54) is 19.3 Å². The first-order valence-electron chi connectivity index (χ1n) is 7.09. The molecular weight excluding hydrogens is 238 g/mol. The van der Waals surface area contributed by atoms with Gasteiger partial charge in [-0.3, -0.25) is 0 Å². The van der Waals surface area contributed by atoms with Crippen LogP contribution in [0.25, 0.3) is 5.57 Å². The van der Waals surface area contributed by atoms with Gasteiger partial charge in [0.25, 0.3) is 0 Å². The van der Waals surface area contributed by atoms with Gasteiger partial charge in [-0.05, 0) is 30.9 Å². The zero-order chi connectivity index (χ0) is 13.2. The molecular formula is C16H19NO2. The highest BCUT2D eigenvalue weighted by molar-refractivity contribution is 6.19. The molecule has 0 aromatic heterocycles. The van der Waals surface area contributed by atoms with E-state index in [1.54, 1.807) is 0 Å². The molecule has 1 aromatic carbocycles. The molecule has 0 radical (unpaired) electrons. The van der Waals surface area contributed by atoms with E-state index >= 15 is 0 Å². The molecule has 1 aliphatic heterocycles. The van der Waals surface area contributed by atoms with E-state index < -0.39 is 5.97 Å². The van der Waals surface area contributed by atoms with Crippen LogP contribution in [-0.2, 0) is 4.79 Å². The van der Waals surface area contributed by atoms with E-state index in [1.807, 2.05) is 24.3 Å². The number of hydrogen-bond donors (Lipinski definition) is 2. The Kier molecular flexibility index (Phi) is 3.28. The average molecular weight is 257 g/mol. The fourth-order valence-electron chi connectivity index (χ4n) is 3.26. The van der Waals surface area contributed by atoms with Crippen molar-refractivity contribution in [3.63, 3.8) is 0 Å². The third kappa shape index (κ3) is 2.25. The Balaban J connectivity index is 2.11. The molecule has 0 spiro atoms. The summed E-state index contributed by atoms with van der Waals surface area (Å²) in [5.74, 6) is -0.783. The van der Waals surface area contributed by atoms with Crippen LogP contribution in [0.15, 0.2) is 29.8 Å². The number of hydrogen-bond acceptors (Lipinski definition) is 2. The van der Waals surface area contributed by atoms with Gasteiger partial charge in [0.1, 0.15) is 0 Å². The van der Waals surface area contributed by atoms with Crippen molar-refractivity contribution in [3.8, 4) is 0 Å². The minimum Gasteiger partial charge on any atom is -0.478 e. The Hall–Kier alpha value is -1.77. The van der Waals surface area contributed by atoms with Crippen molar-refractivity contribution in [1.82, 2.24) is 0 Å². The van der Waals surface area contributed by atoms with Crippen molar-refractivity contribution in [3.05, 3.63) is 35.4 Å². The second-order valence-electron chi connectivity index (χ2n) is 5.40. The number of nitrogens with one attached hydrogen (secondary N) is 1. The van der Waals surface area contributed by atoms with Gasteiger partial charge in [-0.1, -0.05) is 37.5 Å². The van der Waals surface area contributed by atoms with E-state index in [9.17, 15) is 9.90 Å². The number of para-hydroxylation sites is 1. The largest absolute Gasteiger partial charge is 0.478 e. The van der Waals surface area contributed by atoms with Gasteiger partial charge in [0.2, 0.25) is 0 Å². The molecule has 1 aromatic rings. The highest BCUT2D eigenvalue weighted by Crippen LogP contribution is 2.38. The summed E-state index contributed by atoms with van der Waals surface area (Å²) in [7, 11) is 0. The van der Waals surface area contributed by atoms with Crippen molar-refractivity contribution in [2.75, 3.05) is 5.32 Å². The van der Waals surface area contributed by atoms with Crippen LogP contribution in [0, 0.1) is 0 Å². The number of carbonyl (C=O) groups is 1. The lowest BCUT2D eigenvalue weighted by atomic mass is 9.83. The summed E-state index contributed by atoms with van der Waals surface area (Å²) in [5, 5.41) is 13.1. The number of fused-ring (bicyclic) bond motifs is 2. The topological polar surface area (TPSA) is 49.3 Å². The Morgan fingerprint density at radius 1 is 1.16 bits per heavy atom. The average Bonchev–Trinajstić information content (AvgIpc) is 2.38. The minimum atomic E-state index is -0.783. The van der Waals surface area contributed by atoms with Crippen LogP contribution >= 0.6 is 0 Å². The molecule has 3 rings (SSSR count). The highest BCUT2D eigenvalue weighted by atomic mass is 16.4. The zero-order valence-corrected chi connectivity index (χ0v) is 11.0. The summed E-state index contributed by atoms with van der Waals surface area (Å²) in [6.07, 6.45) is 6.71. The molecule has 1 fully saturated rings. The maximum Gasteiger partial charge on any atom is 0.336 e. The van der Waals surface area contributed by atoms with Crippen LogP contribution in [0.2, 0.25) is 0 Å². The van der Waals surface area contributed by atoms with E-state index in [-0.39, 0.29) is 6.04 Å². The van der Waals surface area contributed by atoms with Gasteiger partial charge in [0, 0.05) is 17.3 Å². The van der Waals surface area contributed by atoms with Gasteiger partial charge in [0.15, 0.2) is 0 Å². The van der Waals surface area contributed by atoms with E-state index in [2.05, 4.69) is 5.32 Å². The number of carboxylic acids is 1. The summed E-state index contributed by atoms with van der Waals surface area (Å²) in [6.45, 7) is 0. The minimum absolute atomic E-state index is 0.210. The van der Waals surface area contributed by atoms with Gasteiger partial charge in [-0.15, -0.1) is 0 Å². The quantitative estimate of drug-likeness (QED) is 0.807. The fraction of sp³-hybridized carbons (Fsp3) is 0.438. The van der Waals surface area contributed by atoms with Crippen molar-refractivity contribution >= 4 is 17.2 Å². The number of aliphatic carboxylic acids is 1. The fourth-order valence-corrected chi connectivity index (χ4v) is 3.26. The molecule has 3 nitrogen and oxygen atoms in total. The molecule has 3 heteroatoms. The van der Waals surface area contributed by atoms with E-state index in [0.717, 1.165) is 36.1 Å². The van der Waals surface area contributed by atoms with Crippen LogP contribution < -0.4 is 5.32 Å². The smallest absolute Gasteiger partial charge is 0.336 e. The predicted octanol–water partition coefficient (Wildman–Crippen LogP) is 3.67. The molecule has 100 valence electrons. The Labute approximate surface area is 113 Å². The summed E-state index contributed by atoms with van der Waals surface area (Å²) >= 11 is 0. The van der Waals surface area contributed by atoms with Crippen LogP contribution in [0.5, 0.6) is 0 Å². The molecule has 19 heavy (non-hydrogen) atoms. The van der Waals surface area contributed by atoms with Gasteiger partial charge in [-0.25, -0.2) is 4.79 Å². The third-order valence-corrected chi connectivity index (χ3v) is 4.17. The van der Waals surface area contributed by atoms with Crippen LogP contribution in [0.1, 0.15) is 44.1 Å². The molecule has 1 saturated carbocycles. The first-order valence-corrected chi connectivity index (χ1v) is 7.09. The molecule has 1 atom stereocenters. The predicted molar refractivity (Wildman–Crippen MR) is 76.1 cm³/mol. The number of anilines is 1. The van der Waals surface area contributed by atoms with Gasteiger partial charge in [0.05, 0.1) is 5.57 Å². The lowest BCUT2D eigenvalue weighted by Gasteiger charge is -2.32. The normalized spacial score (nSPS) is 22.6. The Morgan fingerprint density at radius 2 is 1.95 bits per heavy atom. The van der Waals surface area contributed by atoms with Gasteiger partial charge in [-0.2, -0.15) is 0 Å². The first kappa shape index (κ1) is 12.3. The molecule has 0 bridgehead atoms. The molecule has 2 aliphatic rings. The molecule has 0 unspecified atom stereocenters. The van der Waals surface area contributed by atoms with E-state index in [0.29, 0.717) is 5.57 Å². The molecule has 0 amide bonds. The van der Waals surface area contributed by atoms with Crippen LogP contribution in [0.4, 0.5) is 5.69 Å². The van der Waals surface area contributed by atoms with Gasteiger partial charge >= 0.3 is 5.97 Å². The van der Waals surface area contributed by atoms with Gasteiger partial charge < -0.3 is 10.4 Å².